The second-order valence-corrected chi connectivity index (χ2v) is 5.02. The number of nitriles is 1. The van der Waals surface area contributed by atoms with E-state index in [2.05, 4.69) is 11.0 Å². The number of piperidine rings is 1. The number of nitrogens with zero attached hydrogens (tertiary/aromatic N) is 2. The molecule has 0 saturated carbocycles. The zero-order chi connectivity index (χ0) is 15.1. The highest BCUT2D eigenvalue weighted by Gasteiger charge is 2.14. The molecule has 110 valence electrons. The summed E-state index contributed by atoms with van der Waals surface area (Å²) in [5, 5.41) is 9.34. The fourth-order valence-corrected chi connectivity index (χ4v) is 2.51. The average Bonchev–Trinajstić information content (AvgIpc) is 2.54. The molecule has 1 fully saturated rings. The van der Waals surface area contributed by atoms with E-state index in [0.717, 1.165) is 24.3 Å². The molecule has 0 radical (unpaired) electrons. The standard InChI is InChI=1S/C17H20N2O2/c1-2-21-17(20)9-7-14-6-8-16(15(12-14)13-18)19-10-4-3-5-11-19/h6-9,12H,2-5,10-11H2,1H3/b9-7+. The van der Waals surface area contributed by atoms with Crippen molar-refractivity contribution in [1.82, 2.24) is 0 Å². The first kappa shape index (κ1) is 15.1. The summed E-state index contributed by atoms with van der Waals surface area (Å²) in [5.74, 6) is -0.365. The van der Waals surface area contributed by atoms with Crippen molar-refractivity contribution in [3.8, 4) is 6.07 Å². The van der Waals surface area contributed by atoms with Gasteiger partial charge in [-0.3, -0.25) is 0 Å². The molecule has 1 aliphatic rings. The molecule has 4 nitrogen and oxygen atoms in total. The lowest BCUT2D eigenvalue weighted by molar-refractivity contribution is -0.137. The van der Waals surface area contributed by atoms with Gasteiger partial charge in [0.15, 0.2) is 0 Å². The second-order valence-electron chi connectivity index (χ2n) is 5.02. The van der Waals surface area contributed by atoms with Crippen LogP contribution in [0.1, 0.15) is 37.3 Å². The van der Waals surface area contributed by atoms with Gasteiger partial charge in [0.1, 0.15) is 6.07 Å². The van der Waals surface area contributed by atoms with E-state index in [1.165, 1.54) is 25.3 Å². The maximum atomic E-state index is 11.3. The first-order valence-electron chi connectivity index (χ1n) is 7.38. The maximum Gasteiger partial charge on any atom is 0.330 e. The fourth-order valence-electron chi connectivity index (χ4n) is 2.51. The van der Waals surface area contributed by atoms with Gasteiger partial charge in [0.25, 0.3) is 0 Å². The molecule has 21 heavy (non-hydrogen) atoms. The summed E-state index contributed by atoms with van der Waals surface area (Å²) in [6.45, 7) is 4.15. The smallest absolute Gasteiger partial charge is 0.330 e. The summed E-state index contributed by atoms with van der Waals surface area (Å²) in [7, 11) is 0. The Labute approximate surface area is 125 Å². The SMILES string of the molecule is CCOC(=O)/C=C/c1ccc(N2CCCCC2)c(C#N)c1. The van der Waals surface area contributed by atoms with Crippen molar-refractivity contribution in [3.63, 3.8) is 0 Å². The van der Waals surface area contributed by atoms with Crippen LogP contribution in [0.3, 0.4) is 0 Å². The summed E-state index contributed by atoms with van der Waals surface area (Å²) in [5.41, 5.74) is 2.48. The van der Waals surface area contributed by atoms with E-state index in [0.29, 0.717) is 12.2 Å². The normalized spacial score (nSPS) is 15.0. The van der Waals surface area contributed by atoms with Crippen molar-refractivity contribution in [1.29, 1.82) is 5.26 Å². The molecule has 0 bridgehead atoms. The van der Waals surface area contributed by atoms with Crippen LogP contribution < -0.4 is 4.90 Å². The first-order chi connectivity index (χ1) is 10.2. The summed E-state index contributed by atoms with van der Waals surface area (Å²) < 4.78 is 4.84. The third-order valence-corrected chi connectivity index (χ3v) is 3.54. The van der Waals surface area contributed by atoms with Crippen LogP contribution in [-0.4, -0.2) is 25.7 Å². The van der Waals surface area contributed by atoms with Crippen LogP contribution in [-0.2, 0) is 9.53 Å². The molecule has 0 N–H and O–H groups in total. The van der Waals surface area contributed by atoms with Crippen molar-refractivity contribution >= 4 is 17.7 Å². The Morgan fingerprint density at radius 1 is 1.38 bits per heavy atom. The lowest BCUT2D eigenvalue weighted by Gasteiger charge is -2.29. The zero-order valence-corrected chi connectivity index (χ0v) is 12.3. The van der Waals surface area contributed by atoms with Crippen LogP contribution in [0.15, 0.2) is 24.3 Å². The Morgan fingerprint density at radius 3 is 2.81 bits per heavy atom. The minimum absolute atomic E-state index is 0.362. The predicted octanol–water partition coefficient (Wildman–Crippen LogP) is 3.12. The van der Waals surface area contributed by atoms with Gasteiger partial charge in [0.2, 0.25) is 0 Å². The largest absolute Gasteiger partial charge is 0.463 e. The molecule has 1 heterocycles. The Morgan fingerprint density at radius 2 is 2.14 bits per heavy atom. The van der Waals surface area contributed by atoms with Gasteiger partial charge in [-0.1, -0.05) is 6.07 Å². The highest BCUT2D eigenvalue weighted by atomic mass is 16.5. The molecule has 0 unspecified atom stereocenters. The zero-order valence-electron chi connectivity index (χ0n) is 12.3. The number of carbonyl (C=O) groups is 1. The van der Waals surface area contributed by atoms with Gasteiger partial charge in [-0.15, -0.1) is 0 Å². The number of carbonyl (C=O) groups excluding carboxylic acids is 1. The van der Waals surface area contributed by atoms with Crippen molar-refractivity contribution in [2.75, 3.05) is 24.6 Å². The molecule has 2 rings (SSSR count). The number of benzene rings is 1. The molecule has 1 aliphatic heterocycles. The van der Waals surface area contributed by atoms with E-state index in [-0.39, 0.29) is 5.97 Å². The second kappa shape index (κ2) is 7.49. The summed E-state index contributed by atoms with van der Waals surface area (Å²) in [4.78, 5) is 13.6. The van der Waals surface area contributed by atoms with Gasteiger partial charge in [-0.2, -0.15) is 5.26 Å². The van der Waals surface area contributed by atoms with Crippen molar-refractivity contribution in [3.05, 3.63) is 35.4 Å². The quantitative estimate of drug-likeness (QED) is 0.629. The van der Waals surface area contributed by atoms with Crippen LogP contribution in [0, 0.1) is 11.3 Å². The number of rotatable bonds is 4. The van der Waals surface area contributed by atoms with E-state index in [4.69, 9.17) is 4.74 Å². The van der Waals surface area contributed by atoms with Crippen LogP contribution in [0.2, 0.25) is 0 Å². The molecule has 0 atom stereocenters. The number of ether oxygens (including phenoxy) is 1. The van der Waals surface area contributed by atoms with Gasteiger partial charge in [-0.05, 0) is 50.0 Å². The minimum Gasteiger partial charge on any atom is -0.463 e. The number of hydrogen-bond donors (Lipinski definition) is 0. The minimum atomic E-state index is -0.365. The lowest BCUT2D eigenvalue weighted by atomic mass is 10.0. The van der Waals surface area contributed by atoms with Gasteiger partial charge in [0, 0.05) is 19.2 Å². The van der Waals surface area contributed by atoms with Crippen molar-refractivity contribution in [2.24, 2.45) is 0 Å². The van der Waals surface area contributed by atoms with E-state index in [1.807, 2.05) is 18.2 Å². The Bertz CT molecular complexity index is 567. The summed E-state index contributed by atoms with van der Waals surface area (Å²) in [6.07, 6.45) is 6.68. The number of hydrogen-bond acceptors (Lipinski definition) is 4. The van der Waals surface area contributed by atoms with Gasteiger partial charge in [0.05, 0.1) is 17.9 Å². The third-order valence-electron chi connectivity index (χ3n) is 3.54. The van der Waals surface area contributed by atoms with Crippen molar-refractivity contribution < 1.29 is 9.53 Å². The van der Waals surface area contributed by atoms with Crippen molar-refractivity contribution in [2.45, 2.75) is 26.2 Å². The highest BCUT2D eigenvalue weighted by molar-refractivity contribution is 5.87. The molecule has 1 aromatic carbocycles. The molecule has 0 spiro atoms. The maximum absolute atomic E-state index is 11.3. The average molecular weight is 284 g/mol. The summed E-state index contributed by atoms with van der Waals surface area (Å²) in [6, 6.07) is 7.97. The van der Waals surface area contributed by atoms with Gasteiger partial charge in [-0.25, -0.2) is 4.79 Å². The van der Waals surface area contributed by atoms with Gasteiger partial charge >= 0.3 is 5.97 Å². The molecule has 0 aliphatic carbocycles. The van der Waals surface area contributed by atoms with E-state index >= 15 is 0 Å². The molecular formula is C17H20N2O2. The summed E-state index contributed by atoms with van der Waals surface area (Å²) >= 11 is 0. The van der Waals surface area contributed by atoms with Crippen LogP contribution in [0.4, 0.5) is 5.69 Å². The van der Waals surface area contributed by atoms with Gasteiger partial charge < -0.3 is 9.64 Å². The fraction of sp³-hybridized carbons (Fsp3) is 0.412. The molecule has 0 amide bonds. The Kier molecular flexibility index (Phi) is 5.39. The predicted molar refractivity (Wildman–Crippen MR) is 82.9 cm³/mol. The highest BCUT2D eigenvalue weighted by Crippen LogP contribution is 2.25. The van der Waals surface area contributed by atoms with E-state index in [9.17, 15) is 10.1 Å². The van der Waals surface area contributed by atoms with E-state index in [1.54, 1.807) is 13.0 Å². The molecule has 4 heteroatoms. The molecule has 1 saturated heterocycles. The molecule has 0 aromatic heterocycles. The van der Waals surface area contributed by atoms with E-state index < -0.39 is 0 Å². The molecular weight excluding hydrogens is 264 g/mol. The lowest BCUT2D eigenvalue weighted by Crippen LogP contribution is -2.29. The topological polar surface area (TPSA) is 53.3 Å². The van der Waals surface area contributed by atoms with Crippen LogP contribution in [0.5, 0.6) is 0 Å². The number of anilines is 1. The Hall–Kier alpha value is -2.28. The third kappa shape index (κ3) is 4.09. The number of esters is 1. The Balaban J connectivity index is 2.16. The van der Waals surface area contributed by atoms with Crippen LogP contribution in [0.25, 0.3) is 6.08 Å². The monoisotopic (exact) mass is 284 g/mol. The van der Waals surface area contributed by atoms with Crippen LogP contribution >= 0.6 is 0 Å². The molecule has 1 aromatic rings. The first-order valence-corrected chi connectivity index (χ1v) is 7.38.